The fourth-order valence-corrected chi connectivity index (χ4v) is 3.56. The molecule has 6 nitrogen and oxygen atoms in total. The topological polar surface area (TPSA) is 64.4 Å². The summed E-state index contributed by atoms with van der Waals surface area (Å²) in [6.45, 7) is 1.03. The van der Waals surface area contributed by atoms with Gasteiger partial charge in [-0.05, 0) is 30.5 Å². The van der Waals surface area contributed by atoms with E-state index in [0.29, 0.717) is 24.5 Å². The van der Waals surface area contributed by atoms with Crippen molar-refractivity contribution < 1.29 is 14.3 Å². The van der Waals surface area contributed by atoms with Gasteiger partial charge in [0, 0.05) is 23.9 Å². The standard InChI is InChI=1S/C19H20ClN3O3/c1-26-19(25)16-8-15-17(10-23(16)18(24)13-4-5-13)22(11-21-15)9-12-2-6-14(20)7-3-12/h2-3,6-7,11,13,16H,4-5,8-10H2,1H3/t16-/m1/s1. The number of carbonyl (C=O) groups is 2. The van der Waals surface area contributed by atoms with Gasteiger partial charge in [0.05, 0.1) is 31.4 Å². The van der Waals surface area contributed by atoms with Crippen molar-refractivity contribution in [2.24, 2.45) is 5.92 Å². The number of rotatable bonds is 4. The number of fused-ring (bicyclic) bond motifs is 1. The first-order chi connectivity index (χ1) is 12.6. The minimum absolute atomic E-state index is 0.0466. The third kappa shape index (κ3) is 3.21. The van der Waals surface area contributed by atoms with Gasteiger partial charge < -0.3 is 14.2 Å². The van der Waals surface area contributed by atoms with Crippen LogP contribution < -0.4 is 0 Å². The van der Waals surface area contributed by atoms with Crippen LogP contribution in [0.25, 0.3) is 0 Å². The van der Waals surface area contributed by atoms with Gasteiger partial charge in [-0.3, -0.25) is 4.79 Å². The molecule has 0 saturated heterocycles. The fourth-order valence-electron chi connectivity index (χ4n) is 3.43. The van der Waals surface area contributed by atoms with Crippen LogP contribution in [0.1, 0.15) is 29.8 Å². The van der Waals surface area contributed by atoms with Gasteiger partial charge in [0.2, 0.25) is 5.91 Å². The smallest absolute Gasteiger partial charge is 0.329 e. The molecule has 136 valence electrons. The van der Waals surface area contributed by atoms with Crippen LogP contribution in [-0.4, -0.2) is 39.5 Å². The van der Waals surface area contributed by atoms with E-state index in [9.17, 15) is 9.59 Å². The first kappa shape index (κ1) is 17.1. The van der Waals surface area contributed by atoms with Gasteiger partial charge in [-0.1, -0.05) is 23.7 Å². The van der Waals surface area contributed by atoms with Crippen molar-refractivity contribution in [3.8, 4) is 0 Å². The molecule has 1 aromatic heterocycles. The number of carbonyl (C=O) groups excluding carboxylic acids is 2. The second kappa shape index (κ2) is 6.76. The highest BCUT2D eigenvalue weighted by atomic mass is 35.5. The maximum absolute atomic E-state index is 12.7. The largest absolute Gasteiger partial charge is 0.467 e. The normalized spacial score (nSPS) is 19.2. The highest BCUT2D eigenvalue weighted by Crippen LogP contribution is 2.34. The highest BCUT2D eigenvalue weighted by molar-refractivity contribution is 6.30. The van der Waals surface area contributed by atoms with Crippen molar-refractivity contribution >= 4 is 23.5 Å². The Morgan fingerprint density at radius 1 is 1.27 bits per heavy atom. The van der Waals surface area contributed by atoms with Gasteiger partial charge >= 0.3 is 5.97 Å². The summed E-state index contributed by atoms with van der Waals surface area (Å²) in [4.78, 5) is 31.1. The van der Waals surface area contributed by atoms with E-state index in [1.54, 1.807) is 11.2 Å². The van der Waals surface area contributed by atoms with E-state index in [0.717, 1.165) is 29.8 Å². The molecular formula is C19H20ClN3O3. The summed E-state index contributed by atoms with van der Waals surface area (Å²) in [5.74, 6) is -0.279. The van der Waals surface area contributed by atoms with Crippen molar-refractivity contribution in [2.75, 3.05) is 7.11 Å². The van der Waals surface area contributed by atoms with Crippen LogP contribution in [0.5, 0.6) is 0 Å². The molecule has 7 heteroatoms. The van der Waals surface area contributed by atoms with E-state index in [4.69, 9.17) is 16.3 Å². The van der Waals surface area contributed by atoms with Crippen molar-refractivity contribution in [2.45, 2.75) is 38.4 Å². The Balaban J connectivity index is 1.61. The molecule has 0 bridgehead atoms. The van der Waals surface area contributed by atoms with Crippen molar-refractivity contribution in [3.63, 3.8) is 0 Å². The van der Waals surface area contributed by atoms with E-state index >= 15 is 0 Å². The molecule has 2 aromatic rings. The molecule has 0 N–H and O–H groups in total. The van der Waals surface area contributed by atoms with Crippen LogP contribution in [0.4, 0.5) is 0 Å². The maximum Gasteiger partial charge on any atom is 0.329 e. The predicted octanol–water partition coefficient (Wildman–Crippen LogP) is 2.42. The zero-order valence-electron chi connectivity index (χ0n) is 14.5. The first-order valence-corrected chi connectivity index (χ1v) is 9.10. The molecule has 1 amide bonds. The van der Waals surface area contributed by atoms with Crippen molar-refractivity contribution in [1.29, 1.82) is 0 Å². The predicted molar refractivity (Wildman–Crippen MR) is 95.6 cm³/mol. The molecule has 4 rings (SSSR count). The monoisotopic (exact) mass is 373 g/mol. The van der Waals surface area contributed by atoms with Gasteiger partial charge in [0.15, 0.2) is 0 Å². The number of hydrogen-bond acceptors (Lipinski definition) is 4. The van der Waals surface area contributed by atoms with Crippen LogP contribution in [0, 0.1) is 5.92 Å². The lowest BCUT2D eigenvalue weighted by Gasteiger charge is -2.34. The molecule has 2 aliphatic rings. The molecule has 1 aliphatic carbocycles. The number of methoxy groups -OCH3 is 1. The van der Waals surface area contributed by atoms with Gasteiger partial charge in [0.1, 0.15) is 6.04 Å². The summed E-state index contributed by atoms with van der Waals surface area (Å²) in [5, 5.41) is 0.698. The number of hydrogen-bond donors (Lipinski definition) is 0. The molecule has 1 aromatic carbocycles. The number of aromatic nitrogens is 2. The number of benzene rings is 1. The first-order valence-electron chi connectivity index (χ1n) is 8.72. The Morgan fingerprint density at radius 2 is 2.00 bits per heavy atom. The van der Waals surface area contributed by atoms with Gasteiger partial charge in [-0.15, -0.1) is 0 Å². The number of esters is 1. The number of halogens is 1. The zero-order valence-corrected chi connectivity index (χ0v) is 15.3. The summed E-state index contributed by atoms with van der Waals surface area (Å²) in [6.07, 6.45) is 3.98. The molecule has 26 heavy (non-hydrogen) atoms. The van der Waals surface area contributed by atoms with Crippen LogP contribution in [0.3, 0.4) is 0 Å². The number of amides is 1. The molecule has 1 atom stereocenters. The average Bonchev–Trinajstić information content (AvgIpc) is 3.44. The van der Waals surface area contributed by atoms with E-state index in [1.165, 1.54) is 7.11 Å². The second-order valence-electron chi connectivity index (χ2n) is 6.88. The third-order valence-electron chi connectivity index (χ3n) is 5.06. The molecule has 1 aliphatic heterocycles. The minimum atomic E-state index is -0.584. The summed E-state index contributed by atoms with van der Waals surface area (Å²) < 4.78 is 6.96. The Labute approximate surface area is 156 Å². The summed E-state index contributed by atoms with van der Waals surface area (Å²) in [5.41, 5.74) is 2.94. The van der Waals surface area contributed by atoms with Crippen molar-refractivity contribution in [1.82, 2.24) is 14.5 Å². The number of nitrogens with zero attached hydrogens (tertiary/aromatic N) is 3. The zero-order chi connectivity index (χ0) is 18.3. The lowest BCUT2D eigenvalue weighted by atomic mass is 10.0. The molecular weight excluding hydrogens is 354 g/mol. The van der Waals surface area contributed by atoms with Crippen LogP contribution in [0.2, 0.25) is 5.02 Å². The molecule has 0 spiro atoms. The lowest BCUT2D eigenvalue weighted by Crippen LogP contribution is -2.50. The van der Waals surface area contributed by atoms with Crippen LogP contribution in [-0.2, 0) is 33.8 Å². The highest BCUT2D eigenvalue weighted by Gasteiger charge is 2.42. The Morgan fingerprint density at radius 3 is 2.65 bits per heavy atom. The van der Waals surface area contributed by atoms with Gasteiger partial charge in [-0.2, -0.15) is 0 Å². The maximum atomic E-state index is 12.7. The average molecular weight is 374 g/mol. The van der Waals surface area contributed by atoms with E-state index in [1.807, 2.05) is 28.8 Å². The summed E-state index contributed by atoms with van der Waals surface area (Å²) in [7, 11) is 1.36. The molecule has 1 saturated carbocycles. The Hall–Kier alpha value is -2.34. The van der Waals surface area contributed by atoms with Gasteiger partial charge in [0.25, 0.3) is 0 Å². The third-order valence-corrected chi connectivity index (χ3v) is 5.32. The van der Waals surface area contributed by atoms with E-state index in [-0.39, 0.29) is 17.8 Å². The number of imidazole rings is 1. The lowest BCUT2D eigenvalue weighted by molar-refractivity contribution is -0.154. The van der Waals surface area contributed by atoms with Gasteiger partial charge in [-0.25, -0.2) is 9.78 Å². The SMILES string of the molecule is COC(=O)[C@H]1Cc2ncn(Cc3ccc(Cl)cc3)c2CN1C(=O)C1CC1. The quantitative estimate of drug-likeness (QED) is 0.772. The summed E-state index contributed by atoms with van der Waals surface area (Å²) in [6, 6.07) is 7.08. The minimum Gasteiger partial charge on any atom is -0.467 e. The Bertz CT molecular complexity index is 842. The Kier molecular flexibility index (Phi) is 4.44. The number of ether oxygens (including phenoxy) is 1. The van der Waals surface area contributed by atoms with E-state index < -0.39 is 6.04 Å². The van der Waals surface area contributed by atoms with Crippen LogP contribution >= 0.6 is 11.6 Å². The molecule has 2 heterocycles. The second-order valence-corrected chi connectivity index (χ2v) is 7.31. The molecule has 0 radical (unpaired) electrons. The molecule has 1 fully saturated rings. The summed E-state index contributed by atoms with van der Waals surface area (Å²) >= 11 is 5.95. The molecule has 0 unspecified atom stereocenters. The van der Waals surface area contributed by atoms with E-state index in [2.05, 4.69) is 4.98 Å². The fraction of sp³-hybridized carbons (Fsp3) is 0.421. The van der Waals surface area contributed by atoms with Crippen molar-refractivity contribution in [3.05, 3.63) is 52.6 Å². The van der Waals surface area contributed by atoms with Crippen LogP contribution in [0.15, 0.2) is 30.6 Å².